The van der Waals surface area contributed by atoms with E-state index in [9.17, 15) is 14.0 Å². The Morgan fingerprint density at radius 3 is 2.75 bits per heavy atom. The van der Waals surface area contributed by atoms with Crippen LogP contribution in [0.25, 0.3) is 32.9 Å². The molecule has 0 atom stereocenters. The summed E-state index contributed by atoms with van der Waals surface area (Å²) in [5, 5.41) is 4.64. The highest BCUT2D eigenvalue weighted by Crippen LogP contribution is 2.35. The van der Waals surface area contributed by atoms with Gasteiger partial charge < -0.3 is 19.4 Å². The zero-order chi connectivity index (χ0) is 22.4. The van der Waals surface area contributed by atoms with E-state index in [2.05, 4.69) is 10.3 Å². The molecule has 7 heteroatoms. The Bertz CT molecular complexity index is 1560. The number of carbonyl (C=O) groups excluding carboxylic acids is 1. The highest BCUT2D eigenvalue weighted by molar-refractivity contribution is 6.05. The molecule has 3 heterocycles. The first-order valence-electron chi connectivity index (χ1n) is 10.2. The van der Waals surface area contributed by atoms with Crippen molar-refractivity contribution in [2.24, 2.45) is 7.05 Å². The second-order valence-corrected chi connectivity index (χ2v) is 7.93. The summed E-state index contributed by atoms with van der Waals surface area (Å²) in [5.41, 5.74) is 4.61. The molecule has 160 valence electrons. The van der Waals surface area contributed by atoms with Crippen LogP contribution in [0.5, 0.6) is 0 Å². The highest BCUT2D eigenvalue weighted by Gasteiger charge is 2.16. The zero-order valence-corrected chi connectivity index (χ0v) is 17.6. The van der Waals surface area contributed by atoms with Gasteiger partial charge in [-0.3, -0.25) is 9.59 Å². The molecule has 0 aliphatic carbocycles. The Morgan fingerprint density at radius 2 is 1.97 bits per heavy atom. The molecular weight excluding hydrogens is 407 g/mol. The molecule has 6 nitrogen and oxygen atoms in total. The molecule has 0 fully saturated rings. The number of carbonyl (C=O) groups is 1. The molecule has 0 aliphatic rings. The van der Waals surface area contributed by atoms with E-state index in [4.69, 9.17) is 0 Å². The van der Waals surface area contributed by atoms with Gasteiger partial charge in [0.15, 0.2) is 0 Å². The van der Waals surface area contributed by atoms with Gasteiger partial charge in [-0.1, -0.05) is 12.1 Å². The number of halogens is 1. The molecule has 5 rings (SSSR count). The molecular formula is C25H21FN4O2. The van der Waals surface area contributed by atoms with E-state index in [0.717, 1.165) is 33.0 Å². The second kappa shape index (κ2) is 7.53. The number of amides is 1. The van der Waals surface area contributed by atoms with Crippen LogP contribution in [0.3, 0.4) is 0 Å². The first-order chi connectivity index (χ1) is 15.4. The summed E-state index contributed by atoms with van der Waals surface area (Å²) in [6.45, 7) is 1.96. The van der Waals surface area contributed by atoms with Gasteiger partial charge in [0, 0.05) is 55.4 Å². The monoisotopic (exact) mass is 428 g/mol. The molecule has 1 amide bonds. The van der Waals surface area contributed by atoms with Crippen molar-refractivity contribution in [1.29, 1.82) is 0 Å². The predicted molar refractivity (Wildman–Crippen MR) is 124 cm³/mol. The van der Waals surface area contributed by atoms with Gasteiger partial charge in [0.05, 0.1) is 11.2 Å². The molecule has 2 aromatic carbocycles. The van der Waals surface area contributed by atoms with Crippen molar-refractivity contribution in [2.45, 2.75) is 13.5 Å². The Morgan fingerprint density at radius 1 is 1.12 bits per heavy atom. The van der Waals surface area contributed by atoms with Crippen LogP contribution in [0.15, 0.2) is 71.9 Å². The number of hydrogen-bond acceptors (Lipinski definition) is 2. The number of H-pyrrole nitrogens is 1. The Labute approximate surface area is 182 Å². The molecule has 3 aromatic heterocycles. The largest absolute Gasteiger partial charge is 0.345 e. The van der Waals surface area contributed by atoms with Gasteiger partial charge in [-0.05, 0) is 47.5 Å². The third kappa shape index (κ3) is 3.37. The van der Waals surface area contributed by atoms with Crippen molar-refractivity contribution in [3.8, 4) is 11.1 Å². The molecule has 0 bridgehead atoms. The summed E-state index contributed by atoms with van der Waals surface area (Å²) in [6.07, 6.45) is 5.48. The molecule has 5 aromatic rings. The fraction of sp³-hybridized carbons (Fsp3) is 0.120. The normalized spacial score (nSPS) is 11.3. The molecule has 0 saturated carbocycles. The second-order valence-electron chi connectivity index (χ2n) is 7.93. The number of anilines is 1. The SMILES string of the molecule is CC(=O)Nc1cc(-c2cn(C)c3c(=O)[nH]ccc23)cc2c1ccn2Cc1cccc(F)c1. The summed E-state index contributed by atoms with van der Waals surface area (Å²) in [4.78, 5) is 27.0. The van der Waals surface area contributed by atoms with Crippen LogP contribution in [0.4, 0.5) is 10.1 Å². The first kappa shape index (κ1) is 19.8. The van der Waals surface area contributed by atoms with Crippen LogP contribution in [-0.4, -0.2) is 20.0 Å². The Kier molecular flexibility index (Phi) is 4.66. The van der Waals surface area contributed by atoms with Crippen molar-refractivity contribution in [3.63, 3.8) is 0 Å². The summed E-state index contributed by atoms with van der Waals surface area (Å²) in [7, 11) is 1.83. The lowest BCUT2D eigenvalue weighted by molar-refractivity contribution is -0.114. The van der Waals surface area contributed by atoms with Crippen LogP contribution < -0.4 is 10.9 Å². The number of nitrogens with one attached hydrogen (secondary N) is 2. The molecule has 32 heavy (non-hydrogen) atoms. The summed E-state index contributed by atoms with van der Waals surface area (Å²) < 4.78 is 17.5. The topological polar surface area (TPSA) is 71.8 Å². The summed E-state index contributed by atoms with van der Waals surface area (Å²) >= 11 is 0. The van der Waals surface area contributed by atoms with Crippen molar-refractivity contribution in [1.82, 2.24) is 14.1 Å². The van der Waals surface area contributed by atoms with Gasteiger partial charge in [0.25, 0.3) is 5.56 Å². The number of pyridine rings is 1. The average Bonchev–Trinajstić information content (AvgIpc) is 3.30. The molecule has 2 N–H and O–H groups in total. The summed E-state index contributed by atoms with van der Waals surface area (Å²) in [5.74, 6) is -0.449. The number of aryl methyl sites for hydroxylation is 1. The van der Waals surface area contributed by atoms with E-state index >= 15 is 0 Å². The number of rotatable bonds is 4. The van der Waals surface area contributed by atoms with Gasteiger partial charge in [0.1, 0.15) is 11.3 Å². The van der Waals surface area contributed by atoms with Gasteiger partial charge in [-0.15, -0.1) is 0 Å². The Hall–Kier alpha value is -4.13. The van der Waals surface area contributed by atoms with E-state index < -0.39 is 0 Å². The van der Waals surface area contributed by atoms with Crippen LogP contribution >= 0.6 is 0 Å². The fourth-order valence-electron chi connectivity index (χ4n) is 4.31. The minimum absolute atomic E-state index is 0.158. The van der Waals surface area contributed by atoms with E-state index in [0.29, 0.717) is 17.7 Å². The summed E-state index contributed by atoms with van der Waals surface area (Å²) in [6, 6.07) is 14.3. The quantitative estimate of drug-likeness (QED) is 0.438. The van der Waals surface area contributed by atoms with Crippen LogP contribution in [0, 0.1) is 5.82 Å². The lowest BCUT2D eigenvalue weighted by Crippen LogP contribution is -2.07. The van der Waals surface area contributed by atoms with Gasteiger partial charge >= 0.3 is 0 Å². The lowest BCUT2D eigenvalue weighted by Gasteiger charge is -2.11. The number of aromatic nitrogens is 3. The number of hydrogen-bond donors (Lipinski definition) is 2. The predicted octanol–water partition coefficient (Wildman–Crippen LogP) is 4.63. The maximum Gasteiger partial charge on any atom is 0.272 e. The standard InChI is InChI=1S/C25H21FN4O2/c1-15(31)28-22-11-17(21-14-29(2)24-19(21)6-8-27-25(24)32)12-23-20(22)7-9-30(23)13-16-4-3-5-18(26)10-16/h3-12,14H,13H2,1-2H3,(H,27,32)(H,28,31). The van der Waals surface area contributed by atoms with Crippen LogP contribution in [0.2, 0.25) is 0 Å². The number of aromatic amines is 1. The molecule has 0 unspecified atom stereocenters. The van der Waals surface area contributed by atoms with Gasteiger partial charge in [0.2, 0.25) is 5.91 Å². The van der Waals surface area contributed by atoms with Crippen LogP contribution in [-0.2, 0) is 18.4 Å². The minimum Gasteiger partial charge on any atom is -0.345 e. The molecule has 0 spiro atoms. The number of benzene rings is 2. The lowest BCUT2D eigenvalue weighted by atomic mass is 10.0. The smallest absolute Gasteiger partial charge is 0.272 e. The highest BCUT2D eigenvalue weighted by atomic mass is 19.1. The van der Waals surface area contributed by atoms with Crippen molar-refractivity contribution < 1.29 is 9.18 Å². The van der Waals surface area contributed by atoms with Crippen molar-refractivity contribution in [2.75, 3.05) is 5.32 Å². The molecule has 0 radical (unpaired) electrons. The maximum absolute atomic E-state index is 13.7. The maximum atomic E-state index is 13.7. The average molecular weight is 428 g/mol. The van der Waals surface area contributed by atoms with Gasteiger partial charge in [-0.2, -0.15) is 0 Å². The fourth-order valence-corrected chi connectivity index (χ4v) is 4.31. The molecule has 0 aliphatic heterocycles. The first-order valence-corrected chi connectivity index (χ1v) is 10.2. The van der Waals surface area contributed by atoms with Crippen molar-refractivity contribution >= 4 is 33.4 Å². The van der Waals surface area contributed by atoms with E-state index in [1.54, 1.807) is 16.8 Å². The zero-order valence-electron chi connectivity index (χ0n) is 17.6. The number of fused-ring (bicyclic) bond motifs is 2. The van der Waals surface area contributed by atoms with Crippen molar-refractivity contribution in [3.05, 3.63) is 88.9 Å². The van der Waals surface area contributed by atoms with E-state index in [1.165, 1.54) is 19.1 Å². The van der Waals surface area contributed by atoms with Crippen LogP contribution in [0.1, 0.15) is 12.5 Å². The molecule has 0 saturated heterocycles. The number of nitrogens with zero attached hydrogens (tertiary/aromatic N) is 2. The minimum atomic E-state index is -0.278. The Balaban J connectivity index is 1.73. The van der Waals surface area contributed by atoms with E-state index in [-0.39, 0.29) is 17.3 Å². The van der Waals surface area contributed by atoms with Gasteiger partial charge in [-0.25, -0.2) is 4.39 Å². The third-order valence-corrected chi connectivity index (χ3v) is 5.65. The van der Waals surface area contributed by atoms with E-state index in [1.807, 2.05) is 54.3 Å². The third-order valence-electron chi connectivity index (χ3n) is 5.65.